The third-order valence-corrected chi connectivity index (χ3v) is 4.13. The summed E-state index contributed by atoms with van der Waals surface area (Å²) in [7, 11) is 1.73. The Kier molecular flexibility index (Phi) is 8.07. The summed E-state index contributed by atoms with van der Waals surface area (Å²) in [6.45, 7) is 7.26. The lowest BCUT2D eigenvalue weighted by Crippen LogP contribution is -2.59. The Hall–Kier alpha value is -0.610. The highest BCUT2D eigenvalue weighted by Crippen LogP contribution is 2.15. The molecule has 1 saturated heterocycles. The van der Waals surface area contributed by atoms with E-state index in [1.165, 1.54) is 38.5 Å². The molecular weight excluding hydrogens is 238 g/mol. The normalized spacial score (nSPS) is 22.2. The molecule has 0 radical (unpaired) electrons. The summed E-state index contributed by atoms with van der Waals surface area (Å²) < 4.78 is 0. The van der Waals surface area contributed by atoms with Crippen molar-refractivity contribution in [3.63, 3.8) is 0 Å². The van der Waals surface area contributed by atoms with E-state index in [2.05, 4.69) is 29.4 Å². The highest BCUT2D eigenvalue weighted by molar-refractivity contribution is 5.81. The fourth-order valence-electron chi connectivity index (χ4n) is 2.87. The molecule has 2 atom stereocenters. The van der Waals surface area contributed by atoms with Crippen molar-refractivity contribution in [2.24, 2.45) is 0 Å². The van der Waals surface area contributed by atoms with Crippen LogP contribution in [-0.4, -0.2) is 49.6 Å². The summed E-state index contributed by atoms with van der Waals surface area (Å²) >= 11 is 0. The molecule has 1 aliphatic rings. The van der Waals surface area contributed by atoms with Crippen LogP contribution in [0, 0.1) is 0 Å². The summed E-state index contributed by atoms with van der Waals surface area (Å²) in [4.78, 5) is 14.3. The number of hydrogen-bond acceptors (Lipinski definition) is 3. The van der Waals surface area contributed by atoms with Crippen LogP contribution in [0.2, 0.25) is 0 Å². The van der Waals surface area contributed by atoms with Gasteiger partial charge in [0.1, 0.15) is 6.04 Å². The molecule has 0 aromatic carbocycles. The van der Waals surface area contributed by atoms with Gasteiger partial charge < -0.3 is 10.6 Å². The van der Waals surface area contributed by atoms with Crippen LogP contribution >= 0.6 is 0 Å². The smallest absolute Gasteiger partial charge is 0.238 e. The monoisotopic (exact) mass is 269 g/mol. The lowest BCUT2D eigenvalue weighted by molar-refractivity contribution is -0.127. The molecule has 0 saturated carbocycles. The molecule has 2 unspecified atom stereocenters. The molecule has 4 heteroatoms. The van der Waals surface area contributed by atoms with Crippen LogP contribution < -0.4 is 10.6 Å². The third-order valence-electron chi connectivity index (χ3n) is 4.13. The van der Waals surface area contributed by atoms with Gasteiger partial charge in [-0.05, 0) is 13.3 Å². The standard InChI is InChI=1S/C15H31N3O/c1-4-5-6-7-8-9-13(2)18-11-10-17-12-14(18)15(19)16-3/h13-14,17H,4-12H2,1-3H3,(H,16,19). The second-order valence-electron chi connectivity index (χ2n) is 5.62. The van der Waals surface area contributed by atoms with Gasteiger partial charge in [0.25, 0.3) is 0 Å². The topological polar surface area (TPSA) is 44.4 Å². The highest BCUT2D eigenvalue weighted by atomic mass is 16.2. The fraction of sp³-hybridized carbons (Fsp3) is 0.933. The number of rotatable bonds is 8. The van der Waals surface area contributed by atoms with Crippen LogP contribution in [0.15, 0.2) is 0 Å². The Labute approximate surface area is 118 Å². The zero-order valence-corrected chi connectivity index (χ0v) is 12.9. The van der Waals surface area contributed by atoms with Gasteiger partial charge in [-0.25, -0.2) is 0 Å². The number of nitrogens with one attached hydrogen (secondary N) is 2. The zero-order valence-electron chi connectivity index (χ0n) is 12.9. The summed E-state index contributed by atoms with van der Waals surface area (Å²) in [5, 5.41) is 6.10. The number of hydrogen-bond donors (Lipinski definition) is 2. The fourth-order valence-corrected chi connectivity index (χ4v) is 2.87. The van der Waals surface area contributed by atoms with Gasteiger partial charge >= 0.3 is 0 Å². The van der Waals surface area contributed by atoms with E-state index in [1.807, 2.05) is 0 Å². The average Bonchev–Trinajstić information content (AvgIpc) is 2.46. The van der Waals surface area contributed by atoms with Gasteiger partial charge in [0.05, 0.1) is 0 Å². The highest BCUT2D eigenvalue weighted by Gasteiger charge is 2.30. The Bertz CT molecular complexity index is 258. The number of unbranched alkanes of at least 4 members (excludes halogenated alkanes) is 4. The van der Waals surface area contributed by atoms with Crippen molar-refractivity contribution < 1.29 is 4.79 Å². The van der Waals surface area contributed by atoms with Gasteiger partial charge in [-0.1, -0.05) is 39.0 Å². The van der Waals surface area contributed by atoms with Crippen LogP contribution in [0.3, 0.4) is 0 Å². The van der Waals surface area contributed by atoms with Gasteiger partial charge in [-0.15, -0.1) is 0 Å². The number of carbonyl (C=O) groups is 1. The minimum Gasteiger partial charge on any atom is -0.358 e. The van der Waals surface area contributed by atoms with Crippen molar-refractivity contribution >= 4 is 5.91 Å². The molecule has 1 aliphatic heterocycles. The summed E-state index contributed by atoms with van der Waals surface area (Å²) in [6, 6.07) is 0.510. The minimum atomic E-state index is 0.00407. The first-order chi connectivity index (χ1) is 9.20. The Morgan fingerprint density at radius 1 is 1.37 bits per heavy atom. The van der Waals surface area contributed by atoms with E-state index in [4.69, 9.17) is 0 Å². The van der Waals surface area contributed by atoms with Crippen LogP contribution in [0.1, 0.15) is 52.4 Å². The lowest BCUT2D eigenvalue weighted by atomic mass is 10.0. The maximum absolute atomic E-state index is 11.9. The molecule has 0 aromatic heterocycles. The second kappa shape index (κ2) is 9.32. The minimum absolute atomic E-state index is 0.00407. The average molecular weight is 269 g/mol. The second-order valence-corrected chi connectivity index (χ2v) is 5.62. The SMILES string of the molecule is CCCCCCCC(C)N1CCNCC1C(=O)NC. The van der Waals surface area contributed by atoms with E-state index in [1.54, 1.807) is 7.05 Å². The Morgan fingerprint density at radius 3 is 2.79 bits per heavy atom. The van der Waals surface area contributed by atoms with E-state index in [0.29, 0.717) is 6.04 Å². The van der Waals surface area contributed by atoms with Gasteiger partial charge in [-0.2, -0.15) is 0 Å². The molecule has 1 fully saturated rings. The first kappa shape index (κ1) is 16.4. The lowest BCUT2D eigenvalue weighted by Gasteiger charge is -2.39. The van der Waals surface area contributed by atoms with Crippen molar-refractivity contribution in [2.45, 2.75) is 64.5 Å². The van der Waals surface area contributed by atoms with Crippen molar-refractivity contribution in [2.75, 3.05) is 26.7 Å². The summed E-state index contributed by atoms with van der Waals surface area (Å²) in [5.74, 6) is 0.144. The van der Waals surface area contributed by atoms with E-state index in [0.717, 1.165) is 19.6 Å². The van der Waals surface area contributed by atoms with Gasteiger partial charge in [0, 0.05) is 32.7 Å². The first-order valence-corrected chi connectivity index (χ1v) is 7.88. The number of piperazine rings is 1. The van der Waals surface area contributed by atoms with Crippen molar-refractivity contribution in [1.29, 1.82) is 0 Å². The first-order valence-electron chi connectivity index (χ1n) is 7.88. The molecule has 19 heavy (non-hydrogen) atoms. The van der Waals surface area contributed by atoms with E-state index in [9.17, 15) is 4.79 Å². The largest absolute Gasteiger partial charge is 0.358 e. The van der Waals surface area contributed by atoms with Gasteiger partial charge in [0.15, 0.2) is 0 Å². The maximum Gasteiger partial charge on any atom is 0.238 e. The third kappa shape index (κ3) is 5.49. The number of likely N-dealkylation sites (N-methyl/N-ethyl adjacent to an activating group) is 1. The van der Waals surface area contributed by atoms with Gasteiger partial charge in [-0.3, -0.25) is 9.69 Å². The molecule has 112 valence electrons. The van der Waals surface area contributed by atoms with E-state index in [-0.39, 0.29) is 11.9 Å². The van der Waals surface area contributed by atoms with Crippen LogP contribution in [-0.2, 0) is 4.79 Å². The number of nitrogens with zero attached hydrogens (tertiary/aromatic N) is 1. The predicted octanol–water partition coefficient (Wildman–Crippen LogP) is 1.76. The van der Waals surface area contributed by atoms with Gasteiger partial charge in [0.2, 0.25) is 5.91 Å². The number of amides is 1. The molecular formula is C15H31N3O. The molecule has 4 nitrogen and oxygen atoms in total. The van der Waals surface area contributed by atoms with Crippen LogP contribution in [0.25, 0.3) is 0 Å². The van der Waals surface area contributed by atoms with Crippen molar-refractivity contribution in [1.82, 2.24) is 15.5 Å². The molecule has 2 N–H and O–H groups in total. The molecule has 0 aromatic rings. The zero-order chi connectivity index (χ0) is 14.1. The summed E-state index contributed by atoms with van der Waals surface area (Å²) in [6.07, 6.45) is 7.82. The van der Waals surface area contributed by atoms with Crippen molar-refractivity contribution in [3.8, 4) is 0 Å². The Balaban J connectivity index is 2.35. The van der Waals surface area contributed by atoms with Crippen LogP contribution in [0.5, 0.6) is 0 Å². The number of carbonyl (C=O) groups excluding carboxylic acids is 1. The maximum atomic E-state index is 11.9. The molecule has 0 aliphatic carbocycles. The molecule has 0 spiro atoms. The van der Waals surface area contributed by atoms with E-state index < -0.39 is 0 Å². The molecule has 1 amide bonds. The molecule has 0 bridgehead atoms. The predicted molar refractivity (Wildman–Crippen MR) is 80.3 cm³/mol. The van der Waals surface area contributed by atoms with Crippen LogP contribution in [0.4, 0.5) is 0 Å². The molecule has 1 heterocycles. The molecule has 1 rings (SSSR count). The van der Waals surface area contributed by atoms with E-state index >= 15 is 0 Å². The Morgan fingerprint density at radius 2 is 2.11 bits per heavy atom. The van der Waals surface area contributed by atoms with Crippen molar-refractivity contribution in [3.05, 3.63) is 0 Å². The quantitative estimate of drug-likeness (QED) is 0.660. The summed E-state index contributed by atoms with van der Waals surface area (Å²) in [5.41, 5.74) is 0.